The minimum absolute atomic E-state index is 0.159. The summed E-state index contributed by atoms with van der Waals surface area (Å²) in [6.45, 7) is 7.16. The van der Waals surface area contributed by atoms with Crippen LogP contribution in [0.3, 0.4) is 0 Å². The molecule has 9 heteroatoms. The van der Waals surface area contributed by atoms with E-state index in [-0.39, 0.29) is 16.2 Å². The number of rotatable bonds is 4. The highest BCUT2D eigenvalue weighted by molar-refractivity contribution is 7.81. The number of nitrogens with zero attached hydrogens (tertiary/aromatic N) is 5. The summed E-state index contributed by atoms with van der Waals surface area (Å²) >= 11 is 11.6. The molecule has 3 aromatic carbocycles. The highest BCUT2D eigenvalue weighted by Crippen LogP contribution is 2.38. The number of aryl methyl sites for hydroxylation is 2. The van der Waals surface area contributed by atoms with E-state index in [1.54, 1.807) is 24.3 Å². The summed E-state index contributed by atoms with van der Waals surface area (Å²) in [5.41, 5.74) is 4.56. The maximum atomic E-state index is 13.4. The molecule has 4 rings (SSSR count). The monoisotopic (exact) mass is 540 g/mol. The third-order valence-corrected chi connectivity index (χ3v) is 6.97. The molecule has 0 bridgehead atoms. The molecular weight excluding hydrogens is 515 g/mol. The highest BCUT2D eigenvalue weighted by atomic mass is 32.1. The molecule has 0 unspecified atom stereocenters. The Morgan fingerprint density at radius 2 is 1.61 bits per heavy atom. The van der Waals surface area contributed by atoms with Crippen LogP contribution >= 0.6 is 24.4 Å². The third-order valence-electron chi connectivity index (χ3n) is 6.41. The van der Waals surface area contributed by atoms with Gasteiger partial charge in [-0.3, -0.25) is 4.90 Å². The van der Waals surface area contributed by atoms with E-state index in [1.807, 2.05) is 80.0 Å². The molecule has 1 aliphatic heterocycles. The van der Waals surface area contributed by atoms with Gasteiger partial charge in [0.05, 0.1) is 23.3 Å². The summed E-state index contributed by atoms with van der Waals surface area (Å²) in [6, 6.07) is 22.5. The number of aliphatic imine (C=N–C) groups is 1. The molecule has 0 spiro atoms. The maximum absolute atomic E-state index is 13.4. The zero-order chi connectivity index (χ0) is 27.6. The number of benzene rings is 3. The zero-order valence-corrected chi connectivity index (χ0v) is 23.0. The fourth-order valence-corrected chi connectivity index (χ4v) is 5.13. The molecule has 6 nitrogen and oxygen atoms in total. The van der Waals surface area contributed by atoms with Crippen molar-refractivity contribution in [3.63, 3.8) is 0 Å². The lowest BCUT2D eigenvalue weighted by Gasteiger charge is -2.31. The van der Waals surface area contributed by atoms with E-state index in [0.29, 0.717) is 22.2 Å². The highest BCUT2D eigenvalue weighted by Gasteiger charge is 2.48. The topological polar surface area (TPSA) is 78.4 Å². The molecule has 1 N–H and O–H groups in total. The first kappa shape index (κ1) is 26.9. The molecule has 1 saturated heterocycles. The Morgan fingerprint density at radius 1 is 0.974 bits per heavy atom. The SMILES string of the molecule is Cc1ccc(N2C(=S)N(c3ccc(C#N)c(C)c3)C(=NC(=S)Nc3ccc(C#N)c(CF)c3)C2(C)C)cc1. The number of amidine groups is 1. The summed E-state index contributed by atoms with van der Waals surface area (Å²) < 4.78 is 13.4. The average Bonchev–Trinajstić information content (AvgIpc) is 3.08. The lowest BCUT2D eigenvalue weighted by atomic mass is 10.0. The average molecular weight is 541 g/mol. The zero-order valence-electron chi connectivity index (χ0n) is 21.4. The smallest absolute Gasteiger partial charge is 0.199 e. The largest absolute Gasteiger partial charge is 0.331 e. The Bertz CT molecular complexity index is 1550. The molecule has 3 aromatic rings. The van der Waals surface area contributed by atoms with Crippen LogP contribution in [0, 0.1) is 36.5 Å². The van der Waals surface area contributed by atoms with Crippen molar-refractivity contribution >= 4 is 57.6 Å². The second-order valence-corrected chi connectivity index (χ2v) is 10.2. The fourth-order valence-electron chi connectivity index (χ4n) is 4.40. The number of hydrogen-bond donors (Lipinski definition) is 1. The first-order valence-corrected chi connectivity index (χ1v) is 12.6. The van der Waals surface area contributed by atoms with Crippen molar-refractivity contribution < 1.29 is 4.39 Å². The van der Waals surface area contributed by atoms with E-state index < -0.39 is 12.2 Å². The van der Waals surface area contributed by atoms with Crippen molar-refractivity contribution in [3.05, 3.63) is 88.5 Å². The Kier molecular flexibility index (Phi) is 7.54. The van der Waals surface area contributed by atoms with Gasteiger partial charge < -0.3 is 10.2 Å². The van der Waals surface area contributed by atoms with E-state index in [2.05, 4.69) is 11.4 Å². The quantitative estimate of drug-likeness (QED) is 0.369. The molecule has 0 aromatic heterocycles. The van der Waals surface area contributed by atoms with Crippen molar-refractivity contribution in [2.24, 2.45) is 4.99 Å². The minimum Gasteiger partial charge on any atom is -0.331 e. The van der Waals surface area contributed by atoms with Gasteiger partial charge in [0.2, 0.25) is 0 Å². The normalized spacial score (nSPS) is 15.3. The van der Waals surface area contributed by atoms with Gasteiger partial charge in [0.15, 0.2) is 10.2 Å². The third kappa shape index (κ3) is 4.99. The van der Waals surface area contributed by atoms with Crippen molar-refractivity contribution in [3.8, 4) is 12.1 Å². The van der Waals surface area contributed by atoms with E-state index in [9.17, 15) is 14.9 Å². The number of anilines is 3. The fraction of sp³-hybridized carbons (Fsp3) is 0.207. The summed E-state index contributed by atoms with van der Waals surface area (Å²) in [4.78, 5) is 8.70. The molecule has 0 saturated carbocycles. The first-order valence-electron chi connectivity index (χ1n) is 11.8. The number of hydrogen-bond acceptors (Lipinski definition) is 4. The van der Waals surface area contributed by atoms with E-state index in [4.69, 9.17) is 29.4 Å². The molecule has 190 valence electrons. The second kappa shape index (κ2) is 10.7. The maximum Gasteiger partial charge on any atom is 0.199 e. The predicted octanol–water partition coefficient (Wildman–Crippen LogP) is 6.70. The van der Waals surface area contributed by atoms with Crippen molar-refractivity contribution in [2.75, 3.05) is 15.1 Å². The van der Waals surface area contributed by atoms with Gasteiger partial charge in [-0.25, -0.2) is 9.38 Å². The molecule has 0 radical (unpaired) electrons. The van der Waals surface area contributed by atoms with Gasteiger partial charge >= 0.3 is 0 Å². The van der Waals surface area contributed by atoms with E-state index >= 15 is 0 Å². The Labute approximate surface area is 232 Å². The van der Waals surface area contributed by atoms with Crippen molar-refractivity contribution in [1.29, 1.82) is 10.5 Å². The molecule has 0 amide bonds. The second-order valence-electron chi connectivity index (χ2n) is 9.44. The summed E-state index contributed by atoms with van der Waals surface area (Å²) in [6.07, 6.45) is 0. The van der Waals surface area contributed by atoms with Gasteiger partial charge in [0, 0.05) is 22.6 Å². The minimum atomic E-state index is -0.766. The number of nitrogens with one attached hydrogen (secondary N) is 1. The number of nitriles is 2. The Balaban J connectivity index is 1.80. The van der Waals surface area contributed by atoms with Gasteiger partial charge in [-0.05, 0) is 106 Å². The standard InChI is InChI=1S/C29H25FN6S2/c1-18-5-10-24(11-6-18)36-28(38)35(25-12-8-20(16-31)19(2)13-25)26(29(36,3)4)34-27(37)33-23-9-7-21(17-32)22(14-23)15-30/h5-14H,15H2,1-4H3,(H,33,37). The van der Waals surface area contributed by atoms with E-state index in [0.717, 1.165) is 22.5 Å². The molecular formula is C29H25FN6S2. The number of thiocarbonyl (C=S) groups is 2. The van der Waals surface area contributed by atoms with Gasteiger partial charge in [0.1, 0.15) is 18.0 Å². The van der Waals surface area contributed by atoms with Crippen molar-refractivity contribution in [2.45, 2.75) is 39.9 Å². The van der Waals surface area contributed by atoms with Crippen LogP contribution in [0.15, 0.2) is 65.7 Å². The molecule has 1 fully saturated rings. The van der Waals surface area contributed by atoms with E-state index in [1.165, 1.54) is 0 Å². The predicted molar refractivity (Wildman–Crippen MR) is 158 cm³/mol. The van der Waals surface area contributed by atoms with Crippen LogP contribution in [0.1, 0.15) is 41.7 Å². The van der Waals surface area contributed by atoms with Crippen LogP contribution in [-0.4, -0.2) is 21.6 Å². The van der Waals surface area contributed by atoms with Crippen LogP contribution < -0.4 is 15.1 Å². The van der Waals surface area contributed by atoms with Crippen LogP contribution in [0.25, 0.3) is 0 Å². The van der Waals surface area contributed by atoms with Gasteiger partial charge in [-0.1, -0.05) is 17.7 Å². The Morgan fingerprint density at radius 3 is 2.21 bits per heavy atom. The lowest BCUT2D eigenvalue weighted by Crippen LogP contribution is -2.45. The number of alkyl halides is 1. The van der Waals surface area contributed by atoms with Gasteiger partial charge in [-0.15, -0.1) is 0 Å². The van der Waals surface area contributed by atoms with Crippen LogP contribution in [0.5, 0.6) is 0 Å². The summed E-state index contributed by atoms with van der Waals surface area (Å²) in [7, 11) is 0. The molecule has 1 aliphatic rings. The Hall–Kier alpha value is -4.18. The lowest BCUT2D eigenvalue weighted by molar-refractivity contribution is 0.485. The van der Waals surface area contributed by atoms with Gasteiger partial charge in [0.25, 0.3) is 0 Å². The number of halogens is 1. The summed E-state index contributed by atoms with van der Waals surface area (Å²) in [5.74, 6) is 0.587. The van der Waals surface area contributed by atoms with Crippen LogP contribution in [0.4, 0.5) is 21.5 Å². The first-order chi connectivity index (χ1) is 18.1. The molecule has 0 atom stereocenters. The van der Waals surface area contributed by atoms with Crippen molar-refractivity contribution in [1.82, 2.24) is 0 Å². The summed E-state index contributed by atoms with van der Waals surface area (Å²) in [5, 5.41) is 22.3. The van der Waals surface area contributed by atoms with Crippen LogP contribution in [0.2, 0.25) is 0 Å². The molecule has 1 heterocycles. The van der Waals surface area contributed by atoms with Gasteiger partial charge in [-0.2, -0.15) is 10.5 Å². The van der Waals surface area contributed by atoms with Crippen LogP contribution in [-0.2, 0) is 6.67 Å². The molecule has 38 heavy (non-hydrogen) atoms. The molecule has 0 aliphatic carbocycles.